The molecule has 2 amide bonds. The fourth-order valence-electron chi connectivity index (χ4n) is 2.31. The molecule has 0 spiro atoms. The van der Waals surface area contributed by atoms with Crippen molar-refractivity contribution in [2.24, 2.45) is 5.92 Å². The minimum absolute atomic E-state index is 0.0437. The summed E-state index contributed by atoms with van der Waals surface area (Å²) in [6.07, 6.45) is 1.41. The van der Waals surface area contributed by atoms with Crippen LogP contribution in [0, 0.1) is 5.92 Å². The van der Waals surface area contributed by atoms with E-state index >= 15 is 0 Å². The highest BCUT2D eigenvalue weighted by Gasteiger charge is 2.39. The summed E-state index contributed by atoms with van der Waals surface area (Å²) < 4.78 is 4.77. The fraction of sp³-hybridized carbons (Fsp3) is 0.769. The van der Waals surface area contributed by atoms with Gasteiger partial charge in [-0.2, -0.15) is 0 Å². The normalized spacial score (nSPS) is 21.6. The summed E-state index contributed by atoms with van der Waals surface area (Å²) in [4.78, 5) is 35.5. The predicted octanol–water partition coefficient (Wildman–Crippen LogP) is 0.834. The fourth-order valence-corrected chi connectivity index (χ4v) is 2.31. The van der Waals surface area contributed by atoms with Crippen LogP contribution in [0.4, 0.5) is 4.79 Å². The number of urea groups is 1. The monoisotopic (exact) mass is 286 g/mol. The van der Waals surface area contributed by atoms with Crippen molar-refractivity contribution in [3.63, 3.8) is 0 Å². The number of amides is 2. The number of aliphatic carboxylic acids is 1. The number of rotatable bonds is 6. The first-order valence-corrected chi connectivity index (χ1v) is 6.90. The lowest BCUT2D eigenvalue weighted by molar-refractivity contribution is -0.143. The zero-order chi connectivity index (χ0) is 15.1. The van der Waals surface area contributed by atoms with E-state index in [4.69, 9.17) is 9.84 Å². The topological polar surface area (TPSA) is 95.9 Å². The Morgan fingerprint density at radius 2 is 2.10 bits per heavy atom. The molecule has 0 aromatic heterocycles. The Labute approximate surface area is 118 Å². The van der Waals surface area contributed by atoms with E-state index in [1.54, 1.807) is 6.92 Å². The second-order valence-corrected chi connectivity index (χ2v) is 4.88. The molecule has 7 nitrogen and oxygen atoms in total. The van der Waals surface area contributed by atoms with Crippen molar-refractivity contribution >= 4 is 18.0 Å². The minimum Gasteiger partial charge on any atom is -0.480 e. The molecule has 1 fully saturated rings. The van der Waals surface area contributed by atoms with E-state index in [1.807, 2.05) is 6.92 Å². The molecule has 0 bridgehead atoms. The number of likely N-dealkylation sites (tertiary alicyclic amines) is 1. The number of hydrogen-bond donors (Lipinski definition) is 2. The highest BCUT2D eigenvalue weighted by molar-refractivity contribution is 5.83. The zero-order valence-corrected chi connectivity index (χ0v) is 11.9. The van der Waals surface area contributed by atoms with Crippen LogP contribution in [0.2, 0.25) is 0 Å². The maximum absolute atomic E-state index is 11.9. The smallest absolute Gasteiger partial charge is 0.326 e. The van der Waals surface area contributed by atoms with Crippen molar-refractivity contribution in [1.29, 1.82) is 0 Å². The van der Waals surface area contributed by atoms with Gasteiger partial charge < -0.3 is 20.1 Å². The van der Waals surface area contributed by atoms with Crippen LogP contribution in [0.15, 0.2) is 0 Å². The molecule has 1 rings (SSSR count). The lowest BCUT2D eigenvalue weighted by atomic mass is 10.0. The van der Waals surface area contributed by atoms with Crippen molar-refractivity contribution in [1.82, 2.24) is 10.2 Å². The second kappa shape index (κ2) is 7.72. The third-order valence-electron chi connectivity index (χ3n) is 3.35. The molecular formula is C13H22N2O5. The molecular weight excluding hydrogens is 264 g/mol. The van der Waals surface area contributed by atoms with E-state index in [0.717, 1.165) is 0 Å². The molecule has 20 heavy (non-hydrogen) atoms. The first-order chi connectivity index (χ1) is 9.47. The molecule has 0 aliphatic carbocycles. The number of nitrogens with zero attached hydrogens (tertiary/aromatic N) is 1. The quantitative estimate of drug-likeness (QED) is 0.557. The van der Waals surface area contributed by atoms with Crippen molar-refractivity contribution in [3.05, 3.63) is 0 Å². The molecule has 114 valence electrons. The third kappa shape index (κ3) is 4.40. The van der Waals surface area contributed by atoms with Crippen LogP contribution in [-0.2, 0) is 14.3 Å². The Hall–Kier alpha value is -1.79. The van der Waals surface area contributed by atoms with Gasteiger partial charge in [-0.3, -0.25) is 4.79 Å². The number of nitrogens with one attached hydrogen (secondary N) is 1. The van der Waals surface area contributed by atoms with Crippen LogP contribution in [0.5, 0.6) is 0 Å². The molecule has 0 aromatic rings. The van der Waals surface area contributed by atoms with E-state index in [2.05, 4.69) is 5.32 Å². The predicted molar refractivity (Wildman–Crippen MR) is 71.2 cm³/mol. The largest absolute Gasteiger partial charge is 0.480 e. The van der Waals surface area contributed by atoms with Crippen molar-refractivity contribution in [2.75, 3.05) is 19.7 Å². The molecule has 0 aromatic carbocycles. The first kappa shape index (κ1) is 16.3. The zero-order valence-electron chi connectivity index (χ0n) is 11.9. The van der Waals surface area contributed by atoms with Gasteiger partial charge >= 0.3 is 18.0 Å². The summed E-state index contributed by atoms with van der Waals surface area (Å²) in [7, 11) is 0. The van der Waals surface area contributed by atoms with Gasteiger partial charge in [-0.15, -0.1) is 0 Å². The molecule has 0 saturated carbocycles. The molecule has 1 saturated heterocycles. The number of ether oxygens (including phenoxy) is 1. The Bertz CT molecular complexity index is 372. The average molecular weight is 286 g/mol. The number of hydrogen-bond acceptors (Lipinski definition) is 4. The summed E-state index contributed by atoms with van der Waals surface area (Å²) >= 11 is 0. The molecule has 1 aliphatic rings. The molecule has 2 atom stereocenters. The SMILES string of the molecule is CCOC(=O)CCCNC(=O)N1CCC(C)C1C(=O)O. The van der Waals surface area contributed by atoms with E-state index in [1.165, 1.54) is 4.90 Å². The average Bonchev–Trinajstić information content (AvgIpc) is 2.77. The van der Waals surface area contributed by atoms with E-state index < -0.39 is 12.0 Å². The summed E-state index contributed by atoms with van der Waals surface area (Å²) in [5.41, 5.74) is 0. The molecule has 7 heteroatoms. The highest BCUT2D eigenvalue weighted by atomic mass is 16.5. The maximum Gasteiger partial charge on any atom is 0.326 e. The summed E-state index contributed by atoms with van der Waals surface area (Å²) in [6, 6.07) is -1.15. The molecule has 2 N–H and O–H groups in total. The number of carbonyl (C=O) groups is 3. The van der Waals surface area contributed by atoms with Gasteiger partial charge in [0.15, 0.2) is 0 Å². The van der Waals surface area contributed by atoms with Gasteiger partial charge in [0, 0.05) is 19.5 Å². The maximum atomic E-state index is 11.9. The van der Waals surface area contributed by atoms with E-state index in [9.17, 15) is 14.4 Å². The summed E-state index contributed by atoms with van der Waals surface area (Å²) in [6.45, 7) is 4.68. The minimum atomic E-state index is -0.975. The van der Waals surface area contributed by atoms with Crippen LogP contribution < -0.4 is 5.32 Å². The van der Waals surface area contributed by atoms with Crippen LogP contribution in [-0.4, -0.2) is 53.7 Å². The summed E-state index contributed by atoms with van der Waals surface area (Å²) in [5, 5.41) is 11.8. The van der Waals surface area contributed by atoms with Gasteiger partial charge in [0.05, 0.1) is 6.61 Å². The second-order valence-electron chi connectivity index (χ2n) is 4.88. The van der Waals surface area contributed by atoms with Crippen LogP contribution >= 0.6 is 0 Å². The Kier molecular flexibility index (Phi) is 6.27. The lowest BCUT2D eigenvalue weighted by Gasteiger charge is -2.23. The van der Waals surface area contributed by atoms with E-state index in [0.29, 0.717) is 32.5 Å². The molecule has 2 unspecified atom stereocenters. The number of carbonyl (C=O) groups excluding carboxylic acids is 2. The van der Waals surface area contributed by atoms with Crippen molar-refractivity contribution in [3.8, 4) is 0 Å². The van der Waals surface area contributed by atoms with Gasteiger partial charge in [0.25, 0.3) is 0 Å². The Morgan fingerprint density at radius 1 is 1.40 bits per heavy atom. The van der Waals surface area contributed by atoms with Gasteiger partial charge in [0.1, 0.15) is 6.04 Å². The first-order valence-electron chi connectivity index (χ1n) is 6.90. The van der Waals surface area contributed by atoms with Crippen LogP contribution in [0.25, 0.3) is 0 Å². The molecule has 0 radical (unpaired) electrons. The Morgan fingerprint density at radius 3 is 2.70 bits per heavy atom. The van der Waals surface area contributed by atoms with Crippen LogP contribution in [0.3, 0.4) is 0 Å². The van der Waals surface area contributed by atoms with E-state index in [-0.39, 0.29) is 24.3 Å². The number of esters is 1. The van der Waals surface area contributed by atoms with Gasteiger partial charge in [-0.1, -0.05) is 6.92 Å². The lowest BCUT2D eigenvalue weighted by Crippen LogP contribution is -2.47. The Balaban J connectivity index is 2.32. The number of carboxylic acids is 1. The van der Waals surface area contributed by atoms with Gasteiger partial charge in [0.2, 0.25) is 0 Å². The molecule has 1 aliphatic heterocycles. The van der Waals surface area contributed by atoms with Crippen molar-refractivity contribution < 1.29 is 24.2 Å². The number of carboxylic acid groups (broad SMARTS) is 1. The third-order valence-corrected chi connectivity index (χ3v) is 3.35. The summed E-state index contributed by atoms with van der Waals surface area (Å²) in [5.74, 6) is -1.31. The highest BCUT2D eigenvalue weighted by Crippen LogP contribution is 2.23. The van der Waals surface area contributed by atoms with Gasteiger partial charge in [-0.25, -0.2) is 9.59 Å². The standard InChI is InChI=1S/C13H22N2O5/c1-3-20-10(16)5-4-7-14-13(19)15-8-6-9(2)11(15)12(17)18/h9,11H,3-8H2,1-2H3,(H,14,19)(H,17,18). The molecule has 1 heterocycles. The van der Waals surface area contributed by atoms with Gasteiger partial charge in [-0.05, 0) is 25.7 Å². The van der Waals surface area contributed by atoms with Crippen molar-refractivity contribution in [2.45, 2.75) is 39.2 Å². The van der Waals surface area contributed by atoms with Crippen LogP contribution in [0.1, 0.15) is 33.1 Å².